The molecule has 0 saturated heterocycles. The first-order chi connectivity index (χ1) is 10.2. The maximum Gasteiger partial charge on any atom is 0.283 e. The fourth-order valence-corrected chi connectivity index (χ4v) is 2.78. The molecule has 5 nitrogen and oxygen atoms in total. The number of anilines is 1. The van der Waals surface area contributed by atoms with Gasteiger partial charge in [0.15, 0.2) is 0 Å². The molecule has 0 radical (unpaired) electrons. The summed E-state index contributed by atoms with van der Waals surface area (Å²) in [5.41, 5.74) is 0.766. The summed E-state index contributed by atoms with van der Waals surface area (Å²) in [5.74, 6) is 0.648. The zero-order valence-corrected chi connectivity index (χ0v) is 14.5. The Kier molecular flexibility index (Phi) is 6.23. The number of nitrogens with one attached hydrogen (secondary N) is 1. The van der Waals surface area contributed by atoms with Crippen LogP contribution in [-0.2, 0) is 6.54 Å². The van der Waals surface area contributed by atoms with Crippen molar-refractivity contribution >= 4 is 21.6 Å². The highest BCUT2D eigenvalue weighted by molar-refractivity contribution is 9.10. The quantitative estimate of drug-likeness (QED) is 0.690. The SMILES string of the molecule is CCN(CC)CCCNc1cnn(CC2CC2)c(=O)c1Br. The molecule has 6 heteroatoms. The van der Waals surface area contributed by atoms with Gasteiger partial charge in [0, 0.05) is 13.1 Å². The predicted octanol–water partition coefficient (Wildman–Crippen LogP) is 2.56. The molecular weight excluding hydrogens is 332 g/mol. The lowest BCUT2D eigenvalue weighted by atomic mass is 10.3. The number of rotatable bonds is 9. The minimum Gasteiger partial charge on any atom is -0.383 e. The van der Waals surface area contributed by atoms with Gasteiger partial charge in [-0.1, -0.05) is 13.8 Å². The van der Waals surface area contributed by atoms with E-state index >= 15 is 0 Å². The summed E-state index contributed by atoms with van der Waals surface area (Å²) >= 11 is 3.40. The van der Waals surface area contributed by atoms with E-state index in [0.29, 0.717) is 10.4 Å². The van der Waals surface area contributed by atoms with E-state index in [4.69, 9.17) is 0 Å². The molecule has 2 rings (SSSR count). The molecule has 118 valence electrons. The van der Waals surface area contributed by atoms with Gasteiger partial charge in [-0.3, -0.25) is 4.79 Å². The van der Waals surface area contributed by atoms with E-state index in [0.717, 1.165) is 44.8 Å². The van der Waals surface area contributed by atoms with E-state index in [1.165, 1.54) is 12.8 Å². The lowest BCUT2D eigenvalue weighted by Crippen LogP contribution is -2.27. The van der Waals surface area contributed by atoms with E-state index < -0.39 is 0 Å². The maximum absolute atomic E-state index is 12.2. The normalized spacial score (nSPS) is 14.7. The van der Waals surface area contributed by atoms with Crippen LogP contribution in [0.3, 0.4) is 0 Å². The number of nitrogens with zero attached hydrogens (tertiary/aromatic N) is 3. The third kappa shape index (κ3) is 4.81. The highest BCUT2D eigenvalue weighted by Gasteiger charge is 2.23. The second-order valence-electron chi connectivity index (χ2n) is 5.61. The van der Waals surface area contributed by atoms with Gasteiger partial charge in [-0.25, -0.2) is 4.68 Å². The van der Waals surface area contributed by atoms with Crippen molar-refractivity contribution in [1.82, 2.24) is 14.7 Å². The van der Waals surface area contributed by atoms with Crippen LogP contribution in [0.1, 0.15) is 33.1 Å². The van der Waals surface area contributed by atoms with Gasteiger partial charge in [-0.05, 0) is 60.7 Å². The lowest BCUT2D eigenvalue weighted by molar-refractivity contribution is 0.303. The molecule has 0 aliphatic heterocycles. The van der Waals surface area contributed by atoms with Crippen LogP contribution in [0.15, 0.2) is 15.5 Å². The van der Waals surface area contributed by atoms with Crippen LogP contribution in [0.5, 0.6) is 0 Å². The van der Waals surface area contributed by atoms with Crippen molar-refractivity contribution in [3.8, 4) is 0 Å². The summed E-state index contributed by atoms with van der Waals surface area (Å²) in [6.07, 6.45) is 5.25. The summed E-state index contributed by atoms with van der Waals surface area (Å²) in [6.45, 7) is 9.19. The largest absolute Gasteiger partial charge is 0.383 e. The highest BCUT2D eigenvalue weighted by atomic mass is 79.9. The van der Waals surface area contributed by atoms with Crippen LogP contribution in [0.25, 0.3) is 0 Å². The van der Waals surface area contributed by atoms with Crippen molar-refractivity contribution < 1.29 is 0 Å². The predicted molar refractivity (Wildman–Crippen MR) is 89.8 cm³/mol. The smallest absolute Gasteiger partial charge is 0.283 e. The molecule has 0 amide bonds. The van der Waals surface area contributed by atoms with Gasteiger partial charge in [-0.15, -0.1) is 0 Å². The number of hydrogen-bond donors (Lipinski definition) is 1. The molecule has 0 bridgehead atoms. The Hall–Kier alpha value is -0.880. The molecule has 0 aromatic carbocycles. The van der Waals surface area contributed by atoms with Crippen LogP contribution < -0.4 is 10.9 Å². The van der Waals surface area contributed by atoms with Crippen molar-refractivity contribution in [2.24, 2.45) is 5.92 Å². The van der Waals surface area contributed by atoms with E-state index in [2.05, 4.69) is 45.1 Å². The Morgan fingerprint density at radius 3 is 2.76 bits per heavy atom. The van der Waals surface area contributed by atoms with Crippen LogP contribution in [0, 0.1) is 5.92 Å². The lowest BCUT2D eigenvalue weighted by Gasteiger charge is -2.18. The van der Waals surface area contributed by atoms with Gasteiger partial charge in [0.25, 0.3) is 5.56 Å². The fraction of sp³-hybridized carbons (Fsp3) is 0.733. The first-order valence-electron chi connectivity index (χ1n) is 7.87. The summed E-state index contributed by atoms with van der Waals surface area (Å²) in [5, 5.41) is 7.57. The fourth-order valence-electron chi connectivity index (χ4n) is 2.33. The van der Waals surface area contributed by atoms with E-state index in [1.807, 2.05) is 0 Å². The molecule has 1 aliphatic rings. The van der Waals surface area contributed by atoms with Crippen LogP contribution in [-0.4, -0.2) is 40.9 Å². The van der Waals surface area contributed by atoms with Crippen LogP contribution in [0.4, 0.5) is 5.69 Å². The monoisotopic (exact) mass is 356 g/mol. The van der Waals surface area contributed by atoms with Crippen LogP contribution >= 0.6 is 15.9 Å². The second kappa shape index (κ2) is 7.94. The van der Waals surface area contributed by atoms with Gasteiger partial charge in [-0.2, -0.15) is 5.10 Å². The number of hydrogen-bond acceptors (Lipinski definition) is 4. The first kappa shape index (κ1) is 16.5. The molecule has 1 aromatic heterocycles. The summed E-state index contributed by atoms with van der Waals surface area (Å²) < 4.78 is 2.17. The zero-order chi connectivity index (χ0) is 15.2. The van der Waals surface area contributed by atoms with Gasteiger partial charge in [0.1, 0.15) is 4.47 Å². The number of aromatic nitrogens is 2. The average Bonchev–Trinajstić information content (AvgIpc) is 3.30. The second-order valence-corrected chi connectivity index (χ2v) is 6.40. The number of halogens is 1. The zero-order valence-electron chi connectivity index (χ0n) is 12.9. The van der Waals surface area contributed by atoms with Crippen LogP contribution in [0.2, 0.25) is 0 Å². The van der Waals surface area contributed by atoms with E-state index in [-0.39, 0.29) is 5.56 Å². The van der Waals surface area contributed by atoms with Gasteiger partial charge < -0.3 is 10.2 Å². The molecule has 0 atom stereocenters. The standard InChI is InChI=1S/C15H25BrN4O/c1-3-19(4-2)9-5-8-17-13-10-18-20(11-12-6-7-12)15(21)14(13)16/h10,12,17H,3-9,11H2,1-2H3. The molecule has 1 N–H and O–H groups in total. The van der Waals surface area contributed by atoms with Gasteiger partial charge >= 0.3 is 0 Å². The molecule has 1 saturated carbocycles. The first-order valence-corrected chi connectivity index (χ1v) is 8.66. The van der Waals surface area contributed by atoms with Crippen molar-refractivity contribution in [1.29, 1.82) is 0 Å². The van der Waals surface area contributed by atoms with Crippen molar-refractivity contribution in [2.45, 2.75) is 39.7 Å². The summed E-state index contributed by atoms with van der Waals surface area (Å²) in [4.78, 5) is 14.6. The van der Waals surface area contributed by atoms with Gasteiger partial charge in [0.05, 0.1) is 11.9 Å². The Morgan fingerprint density at radius 2 is 2.14 bits per heavy atom. The summed E-state index contributed by atoms with van der Waals surface area (Å²) in [7, 11) is 0. The van der Waals surface area contributed by atoms with Crippen molar-refractivity contribution in [2.75, 3.05) is 31.5 Å². The van der Waals surface area contributed by atoms with Gasteiger partial charge in [0.2, 0.25) is 0 Å². The molecule has 1 heterocycles. The Labute approximate surface area is 134 Å². The van der Waals surface area contributed by atoms with E-state index in [1.54, 1.807) is 10.9 Å². The molecule has 21 heavy (non-hydrogen) atoms. The Bertz CT molecular complexity index is 509. The van der Waals surface area contributed by atoms with Crippen molar-refractivity contribution in [3.63, 3.8) is 0 Å². The Balaban J connectivity index is 1.85. The molecule has 0 unspecified atom stereocenters. The Morgan fingerprint density at radius 1 is 1.43 bits per heavy atom. The molecule has 0 spiro atoms. The molecule has 1 aromatic rings. The summed E-state index contributed by atoms with van der Waals surface area (Å²) in [6, 6.07) is 0. The molecule has 1 aliphatic carbocycles. The molecule has 1 fully saturated rings. The minimum atomic E-state index is -0.0318. The molecular formula is C15H25BrN4O. The minimum absolute atomic E-state index is 0.0318. The topological polar surface area (TPSA) is 50.2 Å². The third-order valence-electron chi connectivity index (χ3n) is 3.97. The maximum atomic E-state index is 12.2. The average molecular weight is 357 g/mol. The van der Waals surface area contributed by atoms with Crippen molar-refractivity contribution in [3.05, 3.63) is 21.0 Å². The van der Waals surface area contributed by atoms with E-state index in [9.17, 15) is 4.79 Å². The highest BCUT2D eigenvalue weighted by Crippen LogP contribution is 2.30. The third-order valence-corrected chi connectivity index (χ3v) is 4.74.